The number of rotatable bonds is 13. The van der Waals surface area contributed by atoms with E-state index in [1.807, 2.05) is 36.7 Å². The van der Waals surface area contributed by atoms with Gasteiger partial charge in [0.15, 0.2) is 5.78 Å². The first-order chi connectivity index (χ1) is 38.6. The average molecular weight is 1190 g/mol. The van der Waals surface area contributed by atoms with Crippen LogP contribution in [0, 0.1) is 12.8 Å². The molecule has 1 aliphatic rings. The number of methoxy groups -OCH3 is 1. The molecule has 0 saturated heterocycles. The number of carbonyl (C=O) groups is 5. The second-order valence-corrected chi connectivity index (χ2v) is 24.7. The number of anilines is 1. The summed E-state index contributed by atoms with van der Waals surface area (Å²) in [4.78, 5) is 104. The highest BCUT2D eigenvalue weighted by molar-refractivity contribution is 7.15. The largest absolute Gasteiger partial charge is 0.386 e. The first kappa shape index (κ1) is 57.8. The Bertz CT molecular complexity index is 3550. The van der Waals surface area contributed by atoms with Crippen molar-refractivity contribution in [1.29, 1.82) is 0 Å². The number of benzene rings is 1. The molecular weight excluding hydrogens is 1140 g/mol. The van der Waals surface area contributed by atoms with Crippen LogP contribution in [0.4, 0.5) is 5.82 Å². The number of aromatic nitrogens is 7. The first-order valence-corrected chi connectivity index (χ1v) is 30.6. The lowest BCUT2D eigenvalue weighted by atomic mass is 9.90. The molecule has 8 aromatic rings. The number of pyridine rings is 1. The predicted octanol–water partition coefficient (Wildman–Crippen LogP) is 9.10. The molecule has 10 bridgehead atoms. The monoisotopic (exact) mass is 1190 g/mol. The number of amides is 4. The van der Waals surface area contributed by atoms with Gasteiger partial charge in [-0.2, -0.15) is 0 Å². The summed E-state index contributed by atoms with van der Waals surface area (Å²) in [5.74, 6) is -1.79. The van der Waals surface area contributed by atoms with Gasteiger partial charge in [-0.25, -0.2) is 34.9 Å². The fourth-order valence-electron chi connectivity index (χ4n) is 8.62. The minimum atomic E-state index is -1.19. The molecule has 0 aliphatic carbocycles. The maximum absolute atomic E-state index is 14.4. The molecule has 0 spiro atoms. The van der Waals surface area contributed by atoms with E-state index < -0.39 is 30.0 Å². The van der Waals surface area contributed by atoms with Gasteiger partial charge in [-0.3, -0.25) is 24.0 Å². The third-order valence-corrected chi connectivity index (χ3v) is 18.6. The maximum Gasteiger partial charge on any atom is 0.271 e. The molecule has 8 N–H and O–H groups in total. The van der Waals surface area contributed by atoms with Gasteiger partial charge in [0.2, 0.25) is 17.7 Å². The van der Waals surface area contributed by atoms with Gasteiger partial charge in [-0.05, 0) is 49.9 Å². The summed E-state index contributed by atoms with van der Waals surface area (Å²) in [6.07, 6.45) is 0.394. The van der Waals surface area contributed by atoms with Gasteiger partial charge < -0.3 is 42.2 Å². The van der Waals surface area contributed by atoms with Crippen LogP contribution in [0.5, 0.6) is 0 Å². The van der Waals surface area contributed by atoms with Gasteiger partial charge in [0.25, 0.3) is 5.91 Å². The zero-order valence-corrected chi connectivity index (χ0v) is 49.1. The SMILES string of the molecule is C=C1NCC(=O)N[C@@H]([C@@H](O)c2ccccc2)c2nc(cs2)-c2nc(cs2)-c2nc(-c3nc(NC(=O)CCCCN)cs3)ccc2-c2nc(cs2)C(=O)N[C@@H](CC(=O)NC)c2nc(c(C)s2)C(=O)C[C@H](C(C)C)c2nc1c(COC)s2. The number of carbonyl (C=O) groups excluding carboxylic acids is 5. The minimum Gasteiger partial charge on any atom is -0.386 e. The summed E-state index contributed by atoms with van der Waals surface area (Å²) < 4.78 is 5.58. The first-order valence-electron chi connectivity index (χ1n) is 25.4. The number of aliphatic hydroxyl groups is 1. The van der Waals surface area contributed by atoms with Crippen molar-refractivity contribution in [3.63, 3.8) is 0 Å². The number of ether oxygens (including phenoxy) is 1. The summed E-state index contributed by atoms with van der Waals surface area (Å²) in [6.45, 7) is 10.5. The zero-order chi connectivity index (χ0) is 56.6. The molecule has 0 radical (unpaired) electrons. The number of fused-ring (bicyclic) bond motifs is 14. The van der Waals surface area contributed by atoms with Crippen LogP contribution in [0.1, 0.15) is 127 Å². The number of nitrogens with zero attached hydrogens (tertiary/aromatic N) is 7. The molecule has 1 aliphatic heterocycles. The van der Waals surface area contributed by atoms with Crippen molar-refractivity contribution in [2.24, 2.45) is 11.7 Å². The van der Waals surface area contributed by atoms with Gasteiger partial charge in [-0.15, -0.1) is 68.0 Å². The number of unbranched alkanes of at least 4 members (excludes halogenated alkanes) is 1. The number of nitrogens with two attached hydrogens (primary N) is 1. The molecule has 4 atom stereocenters. The van der Waals surface area contributed by atoms with Crippen LogP contribution in [-0.4, -0.2) is 96.7 Å². The van der Waals surface area contributed by atoms with Crippen molar-refractivity contribution in [2.75, 3.05) is 32.6 Å². The van der Waals surface area contributed by atoms with Crippen LogP contribution >= 0.6 is 68.0 Å². The highest BCUT2D eigenvalue weighted by atomic mass is 32.1. The highest BCUT2D eigenvalue weighted by Crippen LogP contribution is 2.41. The van der Waals surface area contributed by atoms with Crippen LogP contribution in [-0.2, 0) is 25.7 Å². The number of hydrogen-bond acceptors (Lipinski definition) is 22. The second kappa shape index (κ2) is 26.1. The lowest BCUT2D eigenvalue weighted by molar-refractivity contribution is -0.122. The molecule has 9 rings (SSSR count). The third-order valence-electron chi connectivity index (χ3n) is 12.9. The van der Waals surface area contributed by atoms with Crippen molar-refractivity contribution in [3.8, 4) is 43.4 Å². The fourth-order valence-corrected chi connectivity index (χ4v) is 14.2. The van der Waals surface area contributed by atoms with E-state index in [1.54, 1.807) is 55.1 Å². The molecule has 0 unspecified atom stereocenters. The molecule has 416 valence electrons. The van der Waals surface area contributed by atoms with Crippen LogP contribution in [0.15, 0.2) is 70.6 Å². The molecule has 0 saturated carbocycles. The lowest BCUT2D eigenvalue weighted by Crippen LogP contribution is -2.38. The fraction of sp³-hybridized carbons (Fsp3) is 0.333. The second-order valence-electron chi connectivity index (χ2n) is 18.9. The smallest absolute Gasteiger partial charge is 0.271 e. The number of nitrogens with one attached hydrogen (secondary N) is 5. The van der Waals surface area contributed by atoms with E-state index in [9.17, 15) is 29.1 Å². The van der Waals surface area contributed by atoms with E-state index in [0.717, 1.165) is 11.3 Å². The van der Waals surface area contributed by atoms with E-state index in [2.05, 4.69) is 38.1 Å². The Morgan fingerprint density at radius 2 is 1.51 bits per heavy atom. The van der Waals surface area contributed by atoms with Crippen molar-refractivity contribution < 1.29 is 33.8 Å². The van der Waals surface area contributed by atoms with Gasteiger partial charge in [-0.1, -0.05) is 50.8 Å². The Kier molecular flexibility index (Phi) is 18.9. The number of aliphatic hydroxyl groups excluding tert-OH is 1. The summed E-state index contributed by atoms with van der Waals surface area (Å²) in [7, 11) is 3.07. The lowest BCUT2D eigenvalue weighted by Gasteiger charge is -2.23. The number of ketones is 1. The predicted molar refractivity (Wildman–Crippen MR) is 315 cm³/mol. The average Bonchev–Trinajstić information content (AvgIpc) is 4.40. The topological polar surface area (TPSA) is 291 Å². The van der Waals surface area contributed by atoms with E-state index >= 15 is 0 Å². The van der Waals surface area contributed by atoms with Crippen LogP contribution in [0.2, 0.25) is 0 Å². The van der Waals surface area contributed by atoms with E-state index in [-0.39, 0.29) is 66.8 Å². The molecule has 8 heterocycles. The van der Waals surface area contributed by atoms with Gasteiger partial charge in [0, 0.05) is 64.9 Å². The van der Waals surface area contributed by atoms with Gasteiger partial charge in [0.05, 0.1) is 46.9 Å². The van der Waals surface area contributed by atoms with Crippen molar-refractivity contribution in [1.82, 2.24) is 56.2 Å². The molecule has 80 heavy (non-hydrogen) atoms. The highest BCUT2D eigenvalue weighted by Gasteiger charge is 2.32. The molecule has 26 heteroatoms. The van der Waals surface area contributed by atoms with Crippen LogP contribution < -0.4 is 32.3 Å². The molecule has 20 nitrogen and oxygen atoms in total. The zero-order valence-electron chi connectivity index (χ0n) is 44.2. The third kappa shape index (κ3) is 13.5. The van der Waals surface area contributed by atoms with Crippen molar-refractivity contribution >= 4 is 109 Å². The van der Waals surface area contributed by atoms with E-state index in [0.29, 0.717) is 105 Å². The summed E-state index contributed by atoms with van der Waals surface area (Å²) in [6, 6.07) is 10.7. The number of hydrogen-bond donors (Lipinski definition) is 7. The standard InChI is InChI=1S/C54H57N13O7S6/c1-26(2)31-18-37(68)44-28(4)79-53(67-44)33(19-41(70)56-5)59-48(73)35-23-75-49(61-35)30-15-16-32(51-64-39(25-78-51)63-40(69)14-10-11-17-55)58-45(30)34-22-76-52(60-34)36-24-77-54(62-36)46(47(72)29-12-8-7-9-13-29)65-42(71)20-57-27(3)43-38(21-74-6)80-50(31)66-43/h7-9,12-13,15-16,22-26,31,33,46-47,57,72H,3,10-11,14,17-21,55H2,1-2,4-6H3,(H,56,70)(H,59,73)(H,63,69)(H,65,71)/t31-,33+,46+,47+/m1/s1. The Morgan fingerprint density at radius 1 is 0.787 bits per heavy atom. The summed E-state index contributed by atoms with van der Waals surface area (Å²) in [5, 5.41) is 36.5. The van der Waals surface area contributed by atoms with E-state index in [1.165, 1.54) is 75.1 Å². The van der Waals surface area contributed by atoms with Crippen molar-refractivity contribution in [3.05, 3.63) is 118 Å². The summed E-state index contributed by atoms with van der Waals surface area (Å²) >= 11 is 7.71. The minimum absolute atomic E-state index is 0.0445. The normalized spacial score (nSPS) is 16.6. The summed E-state index contributed by atoms with van der Waals surface area (Å²) in [5.41, 5.74) is 9.76. The van der Waals surface area contributed by atoms with Gasteiger partial charge >= 0.3 is 0 Å². The molecule has 0 fully saturated rings. The molecule has 7 aromatic heterocycles. The maximum atomic E-state index is 14.4. The van der Waals surface area contributed by atoms with Gasteiger partial charge in [0.1, 0.15) is 77.2 Å². The van der Waals surface area contributed by atoms with Crippen LogP contribution in [0.3, 0.4) is 0 Å². The Balaban J connectivity index is 1.12. The Hall–Kier alpha value is -6.88. The number of aryl methyl sites for hydroxylation is 1. The van der Waals surface area contributed by atoms with Crippen molar-refractivity contribution in [2.45, 2.75) is 83.6 Å². The number of Topliss-reactive ketones (excluding diaryl/α,β-unsaturated/α-hetero) is 1. The number of thiazole rings is 6. The Morgan fingerprint density at radius 3 is 2.27 bits per heavy atom. The molecule has 1 aromatic carbocycles. The van der Waals surface area contributed by atoms with E-state index in [4.69, 9.17) is 40.4 Å². The molecule has 4 amide bonds. The quantitative estimate of drug-likeness (QED) is 0.0530. The molecular formula is C54H57N13O7S6. The van der Waals surface area contributed by atoms with Crippen LogP contribution in [0.25, 0.3) is 49.1 Å². The Labute approximate surface area is 484 Å².